The molecule has 5 nitrogen and oxygen atoms in total. The van der Waals surface area contributed by atoms with Gasteiger partial charge in [-0.15, -0.1) is 0 Å². The Balaban J connectivity index is 1.67. The molecule has 0 atom stereocenters. The van der Waals surface area contributed by atoms with Gasteiger partial charge < -0.3 is 20.4 Å². The van der Waals surface area contributed by atoms with Crippen LogP contribution in [-0.4, -0.2) is 63.1 Å². The molecule has 0 aromatic heterocycles. The van der Waals surface area contributed by atoms with Crippen LogP contribution in [0.2, 0.25) is 0 Å². The van der Waals surface area contributed by atoms with Crippen LogP contribution in [-0.2, 0) is 13.1 Å². The summed E-state index contributed by atoms with van der Waals surface area (Å²) >= 11 is 0. The first kappa shape index (κ1) is 20.7. The molecule has 1 aliphatic rings. The molecule has 5 heteroatoms. The third kappa shape index (κ3) is 8.19. The van der Waals surface area contributed by atoms with E-state index in [2.05, 4.69) is 63.8 Å². The van der Waals surface area contributed by atoms with Crippen LogP contribution in [0.4, 0.5) is 0 Å². The van der Waals surface area contributed by atoms with E-state index >= 15 is 0 Å². The van der Waals surface area contributed by atoms with Crippen molar-refractivity contribution in [3.05, 3.63) is 35.4 Å². The summed E-state index contributed by atoms with van der Waals surface area (Å²) in [5.74, 6) is 0.888. The smallest absolute Gasteiger partial charge is 0.191 e. The van der Waals surface area contributed by atoms with Gasteiger partial charge in [0.25, 0.3) is 0 Å². The Hall–Kier alpha value is -1.59. The maximum Gasteiger partial charge on any atom is 0.191 e. The molecule has 26 heavy (non-hydrogen) atoms. The van der Waals surface area contributed by atoms with Crippen molar-refractivity contribution in [1.82, 2.24) is 20.4 Å². The summed E-state index contributed by atoms with van der Waals surface area (Å²) < 4.78 is 0. The number of hydrogen-bond donors (Lipinski definition) is 2. The quantitative estimate of drug-likeness (QED) is 0.425. The Morgan fingerprint density at radius 1 is 1.08 bits per heavy atom. The van der Waals surface area contributed by atoms with Crippen LogP contribution in [0.3, 0.4) is 0 Å². The Bertz CT molecular complexity index is 533. The molecule has 0 radical (unpaired) electrons. The molecule has 0 aliphatic carbocycles. The molecular weight excluding hydrogens is 322 g/mol. The minimum Gasteiger partial charge on any atom is -0.356 e. The van der Waals surface area contributed by atoms with Gasteiger partial charge in [-0.2, -0.15) is 0 Å². The van der Waals surface area contributed by atoms with Crippen molar-refractivity contribution in [2.45, 2.75) is 45.2 Å². The van der Waals surface area contributed by atoms with E-state index < -0.39 is 0 Å². The highest BCUT2D eigenvalue weighted by molar-refractivity contribution is 5.79. The predicted molar refractivity (Wildman–Crippen MR) is 112 cm³/mol. The van der Waals surface area contributed by atoms with Crippen LogP contribution in [0.25, 0.3) is 0 Å². The van der Waals surface area contributed by atoms with Crippen LogP contribution in [0.5, 0.6) is 0 Å². The lowest BCUT2D eigenvalue weighted by Crippen LogP contribution is -2.38. The molecule has 1 fully saturated rings. The maximum absolute atomic E-state index is 4.35. The predicted octanol–water partition coefficient (Wildman–Crippen LogP) is 2.68. The lowest BCUT2D eigenvalue weighted by atomic mass is 10.1. The monoisotopic (exact) mass is 359 g/mol. The second-order valence-corrected chi connectivity index (χ2v) is 7.52. The first-order valence-corrected chi connectivity index (χ1v) is 10.1. The Kier molecular flexibility index (Phi) is 9.50. The van der Waals surface area contributed by atoms with Crippen molar-refractivity contribution in [3.63, 3.8) is 0 Å². The third-order valence-corrected chi connectivity index (χ3v) is 4.82. The second-order valence-electron chi connectivity index (χ2n) is 7.52. The molecule has 2 rings (SSSR count). The number of benzene rings is 1. The molecule has 0 saturated carbocycles. The van der Waals surface area contributed by atoms with E-state index in [0.29, 0.717) is 0 Å². The molecule has 0 amide bonds. The number of nitrogens with one attached hydrogen (secondary N) is 2. The zero-order valence-corrected chi connectivity index (χ0v) is 16.9. The molecule has 0 bridgehead atoms. The summed E-state index contributed by atoms with van der Waals surface area (Å²) in [6, 6.07) is 8.74. The highest BCUT2D eigenvalue weighted by Crippen LogP contribution is 2.09. The van der Waals surface area contributed by atoms with E-state index in [1.807, 2.05) is 7.05 Å². The van der Waals surface area contributed by atoms with Gasteiger partial charge >= 0.3 is 0 Å². The number of rotatable bonds is 8. The van der Waals surface area contributed by atoms with Gasteiger partial charge in [0, 0.05) is 26.7 Å². The normalized spacial score (nSPS) is 16.5. The molecule has 1 aliphatic heterocycles. The first-order valence-electron chi connectivity index (χ1n) is 10.1. The molecule has 1 saturated heterocycles. The van der Waals surface area contributed by atoms with Crippen LogP contribution in [0.1, 0.15) is 43.2 Å². The van der Waals surface area contributed by atoms with Crippen LogP contribution in [0.15, 0.2) is 29.3 Å². The maximum atomic E-state index is 4.35. The van der Waals surface area contributed by atoms with Gasteiger partial charge in [0.05, 0.1) is 0 Å². The number of likely N-dealkylation sites (tertiary alicyclic amines) is 1. The Morgan fingerprint density at radius 2 is 1.81 bits per heavy atom. The Morgan fingerprint density at radius 3 is 2.50 bits per heavy atom. The molecule has 2 N–H and O–H groups in total. The van der Waals surface area contributed by atoms with Crippen molar-refractivity contribution >= 4 is 5.96 Å². The molecule has 0 spiro atoms. The summed E-state index contributed by atoms with van der Waals surface area (Å²) in [5.41, 5.74) is 2.63. The number of nitrogens with zero attached hydrogens (tertiary/aromatic N) is 3. The average molecular weight is 360 g/mol. The van der Waals surface area contributed by atoms with Crippen molar-refractivity contribution in [1.29, 1.82) is 0 Å². The van der Waals surface area contributed by atoms with E-state index in [9.17, 15) is 0 Å². The van der Waals surface area contributed by atoms with Gasteiger partial charge in [-0.1, -0.05) is 37.1 Å². The van der Waals surface area contributed by atoms with Crippen molar-refractivity contribution in [2.75, 3.05) is 47.3 Å². The minimum absolute atomic E-state index is 0.799. The minimum atomic E-state index is 0.799. The third-order valence-electron chi connectivity index (χ3n) is 4.82. The number of guanidine groups is 1. The van der Waals surface area contributed by atoms with E-state index in [1.165, 1.54) is 62.9 Å². The molecule has 1 heterocycles. The topological polar surface area (TPSA) is 42.9 Å². The lowest BCUT2D eigenvalue weighted by Gasteiger charge is -2.20. The first-order chi connectivity index (χ1) is 12.7. The summed E-state index contributed by atoms with van der Waals surface area (Å²) in [6.07, 6.45) is 6.70. The van der Waals surface area contributed by atoms with Gasteiger partial charge in [0.1, 0.15) is 0 Å². The summed E-state index contributed by atoms with van der Waals surface area (Å²) in [6.45, 7) is 6.48. The fourth-order valence-electron chi connectivity index (χ4n) is 3.48. The van der Waals surface area contributed by atoms with Crippen LogP contribution >= 0.6 is 0 Å². The van der Waals surface area contributed by atoms with E-state index in [0.717, 1.165) is 25.6 Å². The average Bonchev–Trinajstić information content (AvgIpc) is 2.90. The second kappa shape index (κ2) is 11.9. The van der Waals surface area contributed by atoms with Crippen LogP contribution in [0, 0.1) is 0 Å². The zero-order chi connectivity index (χ0) is 18.6. The molecule has 0 unspecified atom stereocenters. The van der Waals surface area contributed by atoms with Gasteiger partial charge in [0.15, 0.2) is 5.96 Å². The molecule has 1 aromatic rings. The fourth-order valence-corrected chi connectivity index (χ4v) is 3.48. The number of aliphatic imine (C=N–C) groups is 1. The standard InChI is InChI=1S/C21H37N5/c1-22-21(23-12-9-15-26-13-6-4-5-7-14-26)24-17-19-10-8-11-20(16-19)18-25(2)3/h8,10-11,16H,4-7,9,12-15,17-18H2,1-3H3,(H2,22,23,24). The summed E-state index contributed by atoms with van der Waals surface area (Å²) in [5, 5.41) is 6.87. The van der Waals surface area contributed by atoms with E-state index in [1.54, 1.807) is 0 Å². The molecule has 1 aromatic carbocycles. The largest absolute Gasteiger partial charge is 0.356 e. The summed E-state index contributed by atoms with van der Waals surface area (Å²) in [7, 11) is 6.04. The van der Waals surface area contributed by atoms with Gasteiger partial charge in [0.2, 0.25) is 0 Å². The van der Waals surface area contributed by atoms with Crippen molar-refractivity contribution < 1.29 is 0 Å². The van der Waals surface area contributed by atoms with Crippen molar-refractivity contribution in [2.24, 2.45) is 4.99 Å². The fraction of sp³-hybridized carbons (Fsp3) is 0.667. The van der Waals surface area contributed by atoms with E-state index in [4.69, 9.17) is 0 Å². The zero-order valence-electron chi connectivity index (χ0n) is 16.9. The van der Waals surface area contributed by atoms with Crippen LogP contribution < -0.4 is 10.6 Å². The summed E-state index contributed by atoms with van der Waals surface area (Å²) in [4.78, 5) is 9.15. The number of hydrogen-bond acceptors (Lipinski definition) is 3. The highest BCUT2D eigenvalue weighted by Gasteiger charge is 2.08. The molecule has 146 valence electrons. The van der Waals surface area contributed by atoms with Gasteiger partial charge in [-0.25, -0.2) is 0 Å². The van der Waals surface area contributed by atoms with Gasteiger partial charge in [-0.3, -0.25) is 4.99 Å². The Labute approximate surface area is 159 Å². The van der Waals surface area contributed by atoms with E-state index in [-0.39, 0.29) is 0 Å². The highest BCUT2D eigenvalue weighted by atomic mass is 15.2. The van der Waals surface area contributed by atoms with Gasteiger partial charge in [-0.05, 0) is 64.1 Å². The van der Waals surface area contributed by atoms with Crippen molar-refractivity contribution in [3.8, 4) is 0 Å². The lowest BCUT2D eigenvalue weighted by molar-refractivity contribution is 0.282. The molecular formula is C21H37N5. The SMILES string of the molecule is CN=C(NCCCN1CCCCCC1)NCc1cccc(CN(C)C)c1.